The summed E-state index contributed by atoms with van der Waals surface area (Å²) < 4.78 is 0. The summed E-state index contributed by atoms with van der Waals surface area (Å²) in [6.45, 7) is 3.07. The molecule has 19 heavy (non-hydrogen) atoms. The van der Waals surface area contributed by atoms with E-state index in [1.54, 1.807) is 6.20 Å². The van der Waals surface area contributed by atoms with Gasteiger partial charge in [-0.15, -0.1) is 0 Å². The van der Waals surface area contributed by atoms with Gasteiger partial charge in [0.15, 0.2) is 0 Å². The van der Waals surface area contributed by atoms with E-state index in [1.165, 1.54) is 19.3 Å². The molecule has 2 rings (SSSR count). The summed E-state index contributed by atoms with van der Waals surface area (Å²) in [7, 11) is 0. The quantitative estimate of drug-likeness (QED) is 0.854. The van der Waals surface area contributed by atoms with Crippen molar-refractivity contribution in [2.75, 3.05) is 6.54 Å². The van der Waals surface area contributed by atoms with Crippen molar-refractivity contribution < 1.29 is 4.79 Å². The van der Waals surface area contributed by atoms with Gasteiger partial charge in [-0.3, -0.25) is 9.78 Å². The Morgan fingerprint density at radius 1 is 1.53 bits per heavy atom. The minimum atomic E-state index is -0.0204. The Bertz CT molecular complexity index is 388. The molecule has 0 aliphatic carbocycles. The predicted molar refractivity (Wildman–Crippen MR) is 75.7 cm³/mol. The smallest absolute Gasteiger partial charge is 0.220 e. The minimum Gasteiger partial charge on any atom is -0.348 e. The van der Waals surface area contributed by atoms with E-state index < -0.39 is 0 Å². The molecule has 1 aliphatic rings. The van der Waals surface area contributed by atoms with Gasteiger partial charge in [-0.1, -0.05) is 12.5 Å². The van der Waals surface area contributed by atoms with Gasteiger partial charge in [-0.2, -0.15) is 0 Å². The van der Waals surface area contributed by atoms with Crippen LogP contribution < -0.4 is 10.6 Å². The van der Waals surface area contributed by atoms with Gasteiger partial charge in [0.25, 0.3) is 0 Å². The molecule has 1 amide bonds. The van der Waals surface area contributed by atoms with E-state index in [1.807, 2.05) is 25.1 Å². The van der Waals surface area contributed by atoms with Gasteiger partial charge in [0.1, 0.15) is 0 Å². The third-order valence-electron chi connectivity index (χ3n) is 3.64. The Morgan fingerprint density at radius 2 is 2.42 bits per heavy atom. The van der Waals surface area contributed by atoms with Crippen molar-refractivity contribution in [2.45, 2.75) is 51.1 Å². The van der Waals surface area contributed by atoms with Crippen LogP contribution in [0.3, 0.4) is 0 Å². The molecule has 2 N–H and O–H groups in total. The second kappa shape index (κ2) is 7.24. The van der Waals surface area contributed by atoms with Gasteiger partial charge in [0, 0.05) is 18.7 Å². The van der Waals surface area contributed by atoms with Crippen LogP contribution in [0.1, 0.15) is 50.8 Å². The highest BCUT2D eigenvalue weighted by Gasteiger charge is 2.15. The maximum atomic E-state index is 11.9. The van der Waals surface area contributed by atoms with Crippen molar-refractivity contribution in [1.82, 2.24) is 15.6 Å². The number of hydrogen-bond donors (Lipinski definition) is 2. The molecule has 2 atom stereocenters. The zero-order valence-corrected chi connectivity index (χ0v) is 11.6. The van der Waals surface area contributed by atoms with Gasteiger partial charge in [-0.25, -0.2) is 0 Å². The summed E-state index contributed by atoms with van der Waals surface area (Å²) in [4.78, 5) is 16.2. The molecule has 0 radical (unpaired) electrons. The molecule has 4 nitrogen and oxygen atoms in total. The summed E-state index contributed by atoms with van der Waals surface area (Å²) in [6, 6.07) is 6.26. The van der Waals surface area contributed by atoms with E-state index in [0.29, 0.717) is 12.5 Å². The number of carbonyl (C=O) groups excluding carboxylic acids is 1. The van der Waals surface area contributed by atoms with E-state index >= 15 is 0 Å². The van der Waals surface area contributed by atoms with Crippen molar-refractivity contribution in [3.63, 3.8) is 0 Å². The zero-order valence-electron chi connectivity index (χ0n) is 11.6. The lowest BCUT2D eigenvalue weighted by Gasteiger charge is -2.23. The first-order valence-corrected chi connectivity index (χ1v) is 7.19. The van der Waals surface area contributed by atoms with Crippen molar-refractivity contribution in [1.29, 1.82) is 0 Å². The summed E-state index contributed by atoms with van der Waals surface area (Å²) >= 11 is 0. The van der Waals surface area contributed by atoms with E-state index in [0.717, 1.165) is 18.7 Å². The van der Waals surface area contributed by atoms with Crippen molar-refractivity contribution >= 4 is 5.91 Å². The highest BCUT2D eigenvalue weighted by Crippen LogP contribution is 2.13. The summed E-state index contributed by atoms with van der Waals surface area (Å²) in [6.07, 6.45) is 7.02. The van der Waals surface area contributed by atoms with Gasteiger partial charge < -0.3 is 10.6 Å². The van der Waals surface area contributed by atoms with Crippen molar-refractivity contribution in [3.8, 4) is 0 Å². The van der Waals surface area contributed by atoms with Crippen LogP contribution in [0.2, 0.25) is 0 Å². The molecule has 0 aromatic carbocycles. The predicted octanol–water partition coefficient (Wildman–Crippen LogP) is 2.18. The number of carbonyl (C=O) groups is 1. The van der Waals surface area contributed by atoms with E-state index in [-0.39, 0.29) is 11.9 Å². The van der Waals surface area contributed by atoms with E-state index in [4.69, 9.17) is 0 Å². The van der Waals surface area contributed by atoms with Crippen molar-refractivity contribution in [2.24, 2.45) is 0 Å². The highest BCUT2D eigenvalue weighted by molar-refractivity contribution is 5.76. The number of pyridine rings is 1. The molecule has 1 unspecified atom stereocenters. The van der Waals surface area contributed by atoms with Gasteiger partial charge in [0.05, 0.1) is 11.7 Å². The van der Waals surface area contributed by atoms with Gasteiger partial charge in [0.2, 0.25) is 5.91 Å². The lowest BCUT2D eigenvalue weighted by atomic mass is 10.0. The first-order chi connectivity index (χ1) is 9.25. The number of rotatable bonds is 5. The number of hydrogen-bond acceptors (Lipinski definition) is 3. The number of nitrogens with one attached hydrogen (secondary N) is 2. The average molecular weight is 261 g/mol. The summed E-state index contributed by atoms with van der Waals surface area (Å²) in [5.41, 5.74) is 0.909. The second-order valence-corrected chi connectivity index (χ2v) is 5.23. The normalized spacial score (nSPS) is 20.8. The Labute approximate surface area is 115 Å². The number of piperidine rings is 1. The molecule has 1 aliphatic heterocycles. The third-order valence-corrected chi connectivity index (χ3v) is 3.64. The number of amides is 1. The topological polar surface area (TPSA) is 54.0 Å². The van der Waals surface area contributed by atoms with Crippen molar-refractivity contribution in [3.05, 3.63) is 30.1 Å². The Morgan fingerprint density at radius 3 is 3.11 bits per heavy atom. The fraction of sp³-hybridized carbons (Fsp3) is 0.600. The fourth-order valence-electron chi connectivity index (χ4n) is 2.50. The van der Waals surface area contributed by atoms with Crippen LogP contribution in [-0.2, 0) is 4.79 Å². The molecular formula is C15H23N3O. The van der Waals surface area contributed by atoms with Crippen LogP contribution in [0.5, 0.6) is 0 Å². The summed E-state index contributed by atoms with van der Waals surface area (Å²) in [5, 5.41) is 6.47. The van der Waals surface area contributed by atoms with Crippen LogP contribution in [-0.4, -0.2) is 23.5 Å². The molecule has 104 valence electrons. The van der Waals surface area contributed by atoms with Crippen LogP contribution in [0.25, 0.3) is 0 Å². The van der Waals surface area contributed by atoms with Gasteiger partial charge in [-0.05, 0) is 44.9 Å². The standard InChI is InChI=1S/C15H23N3O/c1-12(14-7-3-5-11-17-14)18-15(19)9-8-13-6-2-4-10-16-13/h3,5,7,11-13,16H,2,4,6,8-10H2,1H3,(H,18,19)/t12-,13?/m1/s1. The average Bonchev–Trinajstić information content (AvgIpc) is 2.47. The maximum Gasteiger partial charge on any atom is 0.220 e. The lowest BCUT2D eigenvalue weighted by Crippen LogP contribution is -2.35. The van der Waals surface area contributed by atoms with Gasteiger partial charge >= 0.3 is 0 Å². The Hall–Kier alpha value is -1.42. The molecule has 1 aromatic rings. The monoisotopic (exact) mass is 261 g/mol. The Kier molecular flexibility index (Phi) is 5.33. The molecule has 2 heterocycles. The first-order valence-electron chi connectivity index (χ1n) is 7.19. The molecule has 1 aromatic heterocycles. The summed E-state index contributed by atoms with van der Waals surface area (Å²) in [5.74, 6) is 0.116. The highest BCUT2D eigenvalue weighted by atomic mass is 16.1. The zero-order chi connectivity index (χ0) is 13.5. The molecular weight excluding hydrogens is 238 g/mol. The maximum absolute atomic E-state index is 11.9. The molecule has 0 saturated carbocycles. The molecule has 1 saturated heterocycles. The Balaban J connectivity index is 1.71. The van der Waals surface area contributed by atoms with Crippen LogP contribution in [0, 0.1) is 0 Å². The molecule has 0 bridgehead atoms. The molecule has 4 heteroatoms. The fourth-order valence-corrected chi connectivity index (χ4v) is 2.50. The molecule has 1 fully saturated rings. The van der Waals surface area contributed by atoms with Crippen LogP contribution in [0.15, 0.2) is 24.4 Å². The van der Waals surface area contributed by atoms with E-state index in [2.05, 4.69) is 15.6 Å². The minimum absolute atomic E-state index is 0.0204. The second-order valence-electron chi connectivity index (χ2n) is 5.23. The van der Waals surface area contributed by atoms with Crippen LogP contribution in [0.4, 0.5) is 0 Å². The lowest BCUT2D eigenvalue weighted by molar-refractivity contribution is -0.122. The first kappa shape index (κ1) is 14.0. The number of aromatic nitrogens is 1. The third kappa shape index (κ3) is 4.63. The van der Waals surface area contributed by atoms with Crippen LogP contribution >= 0.6 is 0 Å². The molecule has 0 spiro atoms. The number of nitrogens with zero attached hydrogens (tertiary/aromatic N) is 1. The largest absolute Gasteiger partial charge is 0.348 e. The SMILES string of the molecule is C[C@@H](NC(=O)CCC1CCCCN1)c1ccccn1. The van der Waals surface area contributed by atoms with E-state index in [9.17, 15) is 4.79 Å².